The molecule has 1 aromatic carbocycles. The highest BCUT2D eigenvalue weighted by Crippen LogP contribution is 2.29. The van der Waals surface area contributed by atoms with Gasteiger partial charge in [-0.15, -0.1) is 0 Å². The van der Waals surface area contributed by atoms with Crippen LogP contribution in [-0.4, -0.2) is 13.7 Å². The lowest BCUT2D eigenvalue weighted by Gasteiger charge is -2.12. The Hall–Kier alpha value is -0.160. The largest absolute Gasteiger partial charge is 0.383 e. The van der Waals surface area contributed by atoms with Crippen LogP contribution in [0.25, 0.3) is 0 Å². The molecule has 0 saturated heterocycles. The monoisotopic (exact) mass is 281 g/mol. The van der Waals surface area contributed by atoms with Gasteiger partial charge in [0.25, 0.3) is 0 Å². The molecule has 2 N–H and O–H groups in total. The number of nitrogens with two attached hydrogens (primary N) is 1. The summed E-state index contributed by atoms with van der Waals surface area (Å²) in [5, 5.41) is 0.0500. The fraction of sp³-hybridized carbons (Fsp3) is 0.333. The SMILES string of the molecule is COCC(N)c1ccc(Br)c(Cl)c1F. The Morgan fingerprint density at radius 3 is 2.86 bits per heavy atom. The molecule has 0 aliphatic rings. The van der Waals surface area contributed by atoms with E-state index in [0.29, 0.717) is 10.0 Å². The van der Waals surface area contributed by atoms with Crippen molar-refractivity contribution in [1.82, 2.24) is 0 Å². The first-order chi connectivity index (χ1) is 6.57. The molecule has 0 spiro atoms. The molecule has 0 radical (unpaired) electrons. The number of rotatable bonds is 3. The molecule has 0 heterocycles. The van der Waals surface area contributed by atoms with Crippen LogP contribution in [0.3, 0.4) is 0 Å². The van der Waals surface area contributed by atoms with Crippen molar-refractivity contribution in [3.05, 3.63) is 33.0 Å². The average molecular weight is 283 g/mol. The van der Waals surface area contributed by atoms with Crippen molar-refractivity contribution in [1.29, 1.82) is 0 Å². The summed E-state index contributed by atoms with van der Waals surface area (Å²) in [5.74, 6) is -0.495. The van der Waals surface area contributed by atoms with E-state index < -0.39 is 11.9 Å². The van der Waals surface area contributed by atoms with E-state index in [9.17, 15) is 4.39 Å². The molecule has 5 heteroatoms. The number of ether oxygens (including phenoxy) is 1. The van der Waals surface area contributed by atoms with Gasteiger partial charge >= 0.3 is 0 Å². The smallest absolute Gasteiger partial charge is 0.147 e. The molecule has 0 aromatic heterocycles. The second-order valence-corrected chi connectivity index (χ2v) is 4.06. The Kier molecular flexibility index (Phi) is 4.31. The fourth-order valence-electron chi connectivity index (χ4n) is 1.10. The Bertz CT molecular complexity index is 335. The maximum absolute atomic E-state index is 13.5. The quantitative estimate of drug-likeness (QED) is 0.865. The minimum Gasteiger partial charge on any atom is -0.383 e. The van der Waals surface area contributed by atoms with Crippen molar-refractivity contribution >= 4 is 27.5 Å². The molecule has 78 valence electrons. The molecule has 0 saturated carbocycles. The molecule has 14 heavy (non-hydrogen) atoms. The predicted octanol–water partition coefficient (Wildman–Crippen LogP) is 2.89. The maximum atomic E-state index is 13.5. The number of methoxy groups -OCH3 is 1. The van der Waals surface area contributed by atoms with Crippen LogP contribution < -0.4 is 5.73 Å². The summed E-state index contributed by atoms with van der Waals surface area (Å²) in [5.41, 5.74) is 6.05. The molecule has 1 atom stereocenters. The zero-order valence-corrected chi connectivity index (χ0v) is 9.90. The van der Waals surface area contributed by atoms with Gasteiger partial charge in [0.2, 0.25) is 0 Å². The summed E-state index contributed by atoms with van der Waals surface area (Å²) in [7, 11) is 1.51. The van der Waals surface area contributed by atoms with Gasteiger partial charge in [-0.1, -0.05) is 17.7 Å². The highest BCUT2D eigenvalue weighted by Gasteiger charge is 2.15. The minimum absolute atomic E-state index is 0.0500. The second kappa shape index (κ2) is 5.07. The van der Waals surface area contributed by atoms with Crippen molar-refractivity contribution in [2.45, 2.75) is 6.04 Å². The fourth-order valence-corrected chi connectivity index (χ4v) is 1.57. The van der Waals surface area contributed by atoms with Crippen LogP contribution in [0, 0.1) is 5.82 Å². The van der Waals surface area contributed by atoms with Crippen LogP contribution in [0.2, 0.25) is 5.02 Å². The molecule has 0 amide bonds. The van der Waals surface area contributed by atoms with Gasteiger partial charge in [-0.3, -0.25) is 0 Å². The van der Waals surface area contributed by atoms with Gasteiger partial charge in [0, 0.05) is 17.1 Å². The van der Waals surface area contributed by atoms with Gasteiger partial charge in [-0.05, 0) is 22.0 Å². The lowest BCUT2D eigenvalue weighted by atomic mass is 10.1. The zero-order chi connectivity index (χ0) is 10.7. The van der Waals surface area contributed by atoms with E-state index in [4.69, 9.17) is 22.1 Å². The normalized spacial score (nSPS) is 12.9. The van der Waals surface area contributed by atoms with Crippen LogP contribution >= 0.6 is 27.5 Å². The van der Waals surface area contributed by atoms with Gasteiger partial charge in [0.15, 0.2) is 0 Å². The van der Waals surface area contributed by atoms with Crippen molar-refractivity contribution in [3.8, 4) is 0 Å². The second-order valence-electron chi connectivity index (χ2n) is 2.83. The zero-order valence-electron chi connectivity index (χ0n) is 7.56. The van der Waals surface area contributed by atoms with Gasteiger partial charge in [0.05, 0.1) is 17.7 Å². The predicted molar refractivity (Wildman–Crippen MR) is 57.9 cm³/mol. The molecule has 0 aliphatic carbocycles. The molecule has 1 unspecified atom stereocenters. The molecule has 1 aromatic rings. The maximum Gasteiger partial charge on any atom is 0.147 e. The van der Waals surface area contributed by atoms with E-state index in [1.165, 1.54) is 7.11 Å². The Morgan fingerprint density at radius 1 is 1.64 bits per heavy atom. The molecule has 0 aliphatic heterocycles. The summed E-state index contributed by atoms with van der Waals surface area (Å²) in [6, 6.07) is 2.76. The molecular formula is C9H10BrClFNO. The average Bonchev–Trinajstić information content (AvgIpc) is 2.15. The van der Waals surface area contributed by atoms with E-state index in [1.54, 1.807) is 12.1 Å². The van der Waals surface area contributed by atoms with Gasteiger partial charge in [0.1, 0.15) is 5.82 Å². The first-order valence-electron chi connectivity index (χ1n) is 3.95. The highest BCUT2D eigenvalue weighted by atomic mass is 79.9. The number of halogens is 3. The van der Waals surface area contributed by atoms with E-state index in [1.807, 2.05) is 0 Å². The molecule has 0 bridgehead atoms. The number of hydrogen-bond donors (Lipinski definition) is 1. The summed E-state index contributed by atoms with van der Waals surface area (Å²) >= 11 is 8.83. The number of hydrogen-bond acceptors (Lipinski definition) is 2. The van der Waals surface area contributed by atoms with Gasteiger partial charge in [-0.2, -0.15) is 0 Å². The van der Waals surface area contributed by atoms with E-state index >= 15 is 0 Å². The van der Waals surface area contributed by atoms with E-state index in [2.05, 4.69) is 15.9 Å². The summed E-state index contributed by atoms with van der Waals surface area (Å²) < 4.78 is 18.9. The lowest BCUT2D eigenvalue weighted by Crippen LogP contribution is -2.17. The Labute approximate surface area is 95.3 Å². The summed E-state index contributed by atoms with van der Waals surface area (Å²) in [4.78, 5) is 0. The van der Waals surface area contributed by atoms with Crippen LogP contribution in [-0.2, 0) is 4.74 Å². The lowest BCUT2D eigenvalue weighted by molar-refractivity contribution is 0.179. The minimum atomic E-state index is -0.495. The molecular weight excluding hydrogens is 272 g/mol. The topological polar surface area (TPSA) is 35.2 Å². The first kappa shape index (κ1) is 11.9. The highest BCUT2D eigenvalue weighted by molar-refractivity contribution is 9.10. The van der Waals surface area contributed by atoms with Crippen LogP contribution in [0.1, 0.15) is 11.6 Å². The van der Waals surface area contributed by atoms with Crippen molar-refractivity contribution in [2.75, 3.05) is 13.7 Å². The Balaban J connectivity index is 3.04. The Morgan fingerprint density at radius 2 is 2.29 bits per heavy atom. The first-order valence-corrected chi connectivity index (χ1v) is 5.13. The van der Waals surface area contributed by atoms with Crippen molar-refractivity contribution < 1.29 is 9.13 Å². The third-order valence-electron chi connectivity index (χ3n) is 1.81. The molecule has 0 fully saturated rings. The molecule has 2 nitrogen and oxygen atoms in total. The standard InChI is InChI=1S/C9H10BrClFNO/c1-14-4-7(13)5-2-3-6(10)8(11)9(5)12/h2-3,7H,4,13H2,1H3. The van der Waals surface area contributed by atoms with E-state index in [-0.39, 0.29) is 11.6 Å². The summed E-state index contributed by atoms with van der Waals surface area (Å²) in [6.45, 7) is 0.259. The third kappa shape index (κ3) is 2.45. The van der Waals surface area contributed by atoms with Crippen molar-refractivity contribution in [3.63, 3.8) is 0 Å². The van der Waals surface area contributed by atoms with E-state index in [0.717, 1.165) is 0 Å². The van der Waals surface area contributed by atoms with Gasteiger partial charge in [-0.25, -0.2) is 4.39 Å². The van der Waals surface area contributed by atoms with Crippen LogP contribution in [0.5, 0.6) is 0 Å². The molecule has 1 rings (SSSR count). The van der Waals surface area contributed by atoms with Crippen molar-refractivity contribution in [2.24, 2.45) is 5.73 Å². The number of benzene rings is 1. The van der Waals surface area contributed by atoms with Crippen LogP contribution in [0.15, 0.2) is 16.6 Å². The summed E-state index contributed by atoms with van der Waals surface area (Å²) in [6.07, 6.45) is 0. The third-order valence-corrected chi connectivity index (χ3v) is 3.07. The van der Waals surface area contributed by atoms with Crippen LogP contribution in [0.4, 0.5) is 4.39 Å². The van der Waals surface area contributed by atoms with Gasteiger partial charge < -0.3 is 10.5 Å².